The molecule has 9 nitrogen and oxygen atoms in total. The molecule has 1 saturated heterocycles. The number of benzene rings is 1. The van der Waals surface area contributed by atoms with Gasteiger partial charge in [-0.25, -0.2) is 4.79 Å². The van der Waals surface area contributed by atoms with Crippen LogP contribution in [0.5, 0.6) is 0 Å². The number of barbiturate groups is 1. The Hall–Kier alpha value is -4.40. The number of aromatic nitrogens is 1. The van der Waals surface area contributed by atoms with Crippen molar-refractivity contribution in [2.45, 2.75) is 27.3 Å². The molecule has 0 bridgehead atoms. The first-order valence-corrected chi connectivity index (χ1v) is 10.2. The molecule has 33 heavy (non-hydrogen) atoms. The Morgan fingerprint density at radius 2 is 1.85 bits per heavy atom. The van der Waals surface area contributed by atoms with Crippen LogP contribution in [0.2, 0.25) is 0 Å². The zero-order valence-corrected chi connectivity index (χ0v) is 18.3. The van der Waals surface area contributed by atoms with Crippen LogP contribution >= 0.6 is 0 Å². The van der Waals surface area contributed by atoms with Crippen LogP contribution in [0.15, 0.2) is 58.7 Å². The summed E-state index contributed by atoms with van der Waals surface area (Å²) in [6.07, 6.45) is 2.94. The van der Waals surface area contributed by atoms with Gasteiger partial charge in [0, 0.05) is 29.7 Å². The lowest BCUT2D eigenvalue weighted by Gasteiger charge is -2.25. The molecule has 1 aliphatic heterocycles. The Labute approximate surface area is 189 Å². The van der Waals surface area contributed by atoms with Gasteiger partial charge in [0.25, 0.3) is 11.8 Å². The number of rotatable bonds is 5. The topological polar surface area (TPSA) is 114 Å². The molecule has 4 rings (SSSR count). The molecule has 0 radical (unpaired) electrons. The first-order valence-electron chi connectivity index (χ1n) is 10.2. The maximum absolute atomic E-state index is 13.0. The number of carbonyl (C=O) groups is 4. The van der Waals surface area contributed by atoms with Gasteiger partial charge in [-0.3, -0.25) is 24.6 Å². The number of carbonyl (C=O) groups excluding carboxylic acids is 4. The summed E-state index contributed by atoms with van der Waals surface area (Å²) in [4.78, 5) is 49.8. The summed E-state index contributed by atoms with van der Waals surface area (Å²) < 4.78 is 7.20. The molecule has 0 saturated carbocycles. The van der Waals surface area contributed by atoms with Crippen LogP contribution in [0.1, 0.15) is 29.6 Å². The number of furan rings is 1. The Kier molecular flexibility index (Phi) is 5.70. The monoisotopic (exact) mass is 446 g/mol. The quantitative estimate of drug-likeness (QED) is 0.461. The standard InChI is InChI=1S/C24H22N4O5/c1-14-11-17(15(2)28(14)19-8-6-18(7-9-19)25-16(3)29)12-21-22(30)26-24(32)27(23(21)31)13-20-5-4-10-33-20/h4-12H,13H2,1-3H3,(H,25,29)(H,26,30,32)/b21-12+. The molecule has 5 amide bonds. The smallest absolute Gasteiger partial charge is 0.331 e. The molecule has 0 unspecified atom stereocenters. The van der Waals surface area contributed by atoms with Gasteiger partial charge in [0.1, 0.15) is 11.3 Å². The van der Waals surface area contributed by atoms with Crippen molar-refractivity contribution >= 4 is 35.5 Å². The van der Waals surface area contributed by atoms with Crippen LogP contribution in [-0.2, 0) is 20.9 Å². The highest BCUT2D eigenvalue weighted by molar-refractivity contribution is 6.31. The number of aryl methyl sites for hydroxylation is 1. The lowest BCUT2D eigenvalue weighted by Crippen LogP contribution is -2.53. The van der Waals surface area contributed by atoms with Crippen molar-refractivity contribution in [3.05, 3.63) is 77.0 Å². The van der Waals surface area contributed by atoms with E-state index in [2.05, 4.69) is 10.6 Å². The fourth-order valence-electron chi connectivity index (χ4n) is 3.78. The van der Waals surface area contributed by atoms with Crippen LogP contribution in [0.3, 0.4) is 0 Å². The number of amides is 5. The maximum Gasteiger partial charge on any atom is 0.331 e. The summed E-state index contributed by atoms with van der Waals surface area (Å²) >= 11 is 0. The summed E-state index contributed by atoms with van der Waals surface area (Å²) in [5, 5.41) is 4.94. The fourth-order valence-corrected chi connectivity index (χ4v) is 3.78. The molecule has 0 atom stereocenters. The molecule has 3 aromatic rings. The molecule has 9 heteroatoms. The first kappa shape index (κ1) is 21.8. The Morgan fingerprint density at radius 3 is 2.48 bits per heavy atom. The highest BCUT2D eigenvalue weighted by Crippen LogP contribution is 2.25. The predicted molar refractivity (Wildman–Crippen MR) is 120 cm³/mol. The van der Waals surface area contributed by atoms with Gasteiger partial charge in [-0.05, 0) is 68.0 Å². The van der Waals surface area contributed by atoms with E-state index in [1.807, 2.05) is 36.6 Å². The summed E-state index contributed by atoms with van der Waals surface area (Å²) in [5.41, 5.74) is 3.77. The van der Waals surface area contributed by atoms with Gasteiger partial charge in [0.05, 0.1) is 12.8 Å². The summed E-state index contributed by atoms with van der Waals surface area (Å²) in [6.45, 7) is 5.15. The summed E-state index contributed by atoms with van der Waals surface area (Å²) in [6, 6.07) is 11.7. The van der Waals surface area contributed by atoms with E-state index in [-0.39, 0.29) is 18.0 Å². The van der Waals surface area contributed by atoms with Crippen molar-refractivity contribution in [3.63, 3.8) is 0 Å². The molecule has 2 aromatic heterocycles. The lowest BCUT2D eigenvalue weighted by molar-refractivity contribution is -0.130. The second-order valence-electron chi connectivity index (χ2n) is 7.68. The second-order valence-corrected chi connectivity index (χ2v) is 7.68. The highest BCUT2D eigenvalue weighted by atomic mass is 16.3. The maximum atomic E-state index is 13.0. The molecule has 3 heterocycles. The van der Waals surface area contributed by atoms with Crippen molar-refractivity contribution in [1.29, 1.82) is 0 Å². The highest BCUT2D eigenvalue weighted by Gasteiger charge is 2.36. The predicted octanol–water partition coefficient (Wildman–Crippen LogP) is 3.31. The minimum atomic E-state index is -0.789. The molecular formula is C24H22N4O5. The van der Waals surface area contributed by atoms with E-state index < -0.39 is 17.8 Å². The third-order valence-electron chi connectivity index (χ3n) is 5.30. The van der Waals surface area contributed by atoms with Crippen molar-refractivity contribution in [1.82, 2.24) is 14.8 Å². The molecule has 2 N–H and O–H groups in total. The van der Waals surface area contributed by atoms with Gasteiger partial charge in [0.2, 0.25) is 5.91 Å². The van der Waals surface area contributed by atoms with Gasteiger partial charge < -0.3 is 14.3 Å². The fraction of sp³-hybridized carbons (Fsp3) is 0.167. The molecule has 1 fully saturated rings. The Morgan fingerprint density at radius 1 is 1.12 bits per heavy atom. The molecule has 1 aliphatic rings. The van der Waals surface area contributed by atoms with Crippen LogP contribution in [0.25, 0.3) is 11.8 Å². The van der Waals surface area contributed by atoms with Crippen molar-refractivity contribution in [3.8, 4) is 5.69 Å². The van der Waals surface area contributed by atoms with Gasteiger partial charge >= 0.3 is 6.03 Å². The van der Waals surface area contributed by atoms with Crippen molar-refractivity contribution < 1.29 is 23.6 Å². The largest absolute Gasteiger partial charge is 0.467 e. The lowest BCUT2D eigenvalue weighted by atomic mass is 10.1. The van der Waals surface area contributed by atoms with E-state index >= 15 is 0 Å². The van der Waals surface area contributed by atoms with Crippen molar-refractivity contribution in [2.24, 2.45) is 0 Å². The van der Waals surface area contributed by atoms with Gasteiger partial charge in [-0.1, -0.05) is 0 Å². The van der Waals surface area contributed by atoms with Crippen LogP contribution in [0, 0.1) is 13.8 Å². The third-order valence-corrected chi connectivity index (χ3v) is 5.30. The molecule has 1 aromatic carbocycles. The number of nitrogens with one attached hydrogen (secondary N) is 2. The van der Waals surface area contributed by atoms with Crippen LogP contribution < -0.4 is 10.6 Å². The number of imide groups is 2. The van der Waals surface area contributed by atoms with E-state index in [4.69, 9.17) is 4.42 Å². The molecule has 168 valence electrons. The molecular weight excluding hydrogens is 424 g/mol. The van der Waals surface area contributed by atoms with Crippen LogP contribution in [0.4, 0.5) is 10.5 Å². The van der Waals surface area contributed by atoms with E-state index in [9.17, 15) is 19.2 Å². The van der Waals surface area contributed by atoms with Gasteiger partial charge in [0.15, 0.2) is 0 Å². The van der Waals surface area contributed by atoms with E-state index in [0.29, 0.717) is 17.0 Å². The SMILES string of the molecule is CC(=O)Nc1ccc(-n2c(C)cc(/C=C3\C(=O)NC(=O)N(Cc4ccco4)C3=O)c2C)cc1. The van der Waals surface area contributed by atoms with E-state index in [0.717, 1.165) is 22.0 Å². The minimum absolute atomic E-state index is 0.0814. The van der Waals surface area contributed by atoms with E-state index in [1.165, 1.54) is 19.3 Å². The van der Waals surface area contributed by atoms with Crippen molar-refractivity contribution in [2.75, 3.05) is 5.32 Å². The summed E-state index contributed by atoms with van der Waals surface area (Å²) in [5.74, 6) is -1.16. The second kappa shape index (κ2) is 8.62. The third kappa shape index (κ3) is 4.33. The number of nitrogens with zero attached hydrogens (tertiary/aromatic N) is 2. The average molecular weight is 446 g/mol. The van der Waals surface area contributed by atoms with Crippen LogP contribution in [-0.4, -0.2) is 33.2 Å². The average Bonchev–Trinajstić information content (AvgIpc) is 3.36. The van der Waals surface area contributed by atoms with Gasteiger partial charge in [-0.2, -0.15) is 0 Å². The molecule has 0 spiro atoms. The Balaban J connectivity index is 1.66. The Bertz CT molecular complexity index is 1280. The first-order chi connectivity index (χ1) is 15.7. The molecule has 0 aliphatic carbocycles. The van der Waals surface area contributed by atoms with Gasteiger partial charge in [-0.15, -0.1) is 0 Å². The van der Waals surface area contributed by atoms with E-state index in [1.54, 1.807) is 24.3 Å². The number of anilines is 1. The minimum Gasteiger partial charge on any atom is -0.467 e. The number of hydrogen-bond donors (Lipinski definition) is 2. The number of hydrogen-bond acceptors (Lipinski definition) is 5. The zero-order chi connectivity index (χ0) is 23.7. The number of urea groups is 1. The normalized spacial score (nSPS) is 15.2. The zero-order valence-electron chi connectivity index (χ0n) is 18.3. The summed E-state index contributed by atoms with van der Waals surface area (Å²) in [7, 11) is 0.